The molecular formula is C29H31FIN3O3. The summed E-state index contributed by atoms with van der Waals surface area (Å²) in [6, 6.07) is 15.1. The van der Waals surface area contributed by atoms with Gasteiger partial charge in [0, 0.05) is 66.9 Å². The van der Waals surface area contributed by atoms with E-state index in [4.69, 9.17) is 9.15 Å². The Morgan fingerprint density at radius 1 is 1.00 bits per heavy atom. The number of hydrogen-bond acceptors (Lipinski definition) is 5. The third kappa shape index (κ3) is 5.50. The summed E-state index contributed by atoms with van der Waals surface area (Å²) in [4.78, 5) is 17.0. The zero-order valence-electron chi connectivity index (χ0n) is 21.3. The average molecular weight is 615 g/mol. The van der Waals surface area contributed by atoms with Gasteiger partial charge >= 0.3 is 5.63 Å². The average Bonchev–Trinajstić information content (AvgIpc) is 2.89. The quantitative estimate of drug-likeness (QED) is 0.188. The fraction of sp³-hybridized carbons (Fsp3) is 0.310. The van der Waals surface area contributed by atoms with Crippen LogP contribution in [0.15, 0.2) is 57.7 Å². The third-order valence-corrected chi connectivity index (χ3v) is 6.94. The highest BCUT2D eigenvalue weighted by molar-refractivity contribution is 5.84. The summed E-state index contributed by atoms with van der Waals surface area (Å²) in [5.74, 6) is -0.231. The van der Waals surface area contributed by atoms with Crippen molar-refractivity contribution < 1.29 is 42.1 Å². The second kappa shape index (κ2) is 11.6. The number of morpholine rings is 1. The van der Waals surface area contributed by atoms with Crippen molar-refractivity contribution in [1.29, 1.82) is 0 Å². The summed E-state index contributed by atoms with van der Waals surface area (Å²) in [5.41, 5.74) is 4.10. The maximum absolute atomic E-state index is 14.8. The van der Waals surface area contributed by atoms with E-state index in [0.29, 0.717) is 43.1 Å². The molecule has 8 heteroatoms. The summed E-state index contributed by atoms with van der Waals surface area (Å²) < 4.78 is 27.9. The smallest absolute Gasteiger partial charge is 0.343 e. The van der Waals surface area contributed by atoms with Gasteiger partial charge in [-0.25, -0.2) is 9.18 Å². The van der Waals surface area contributed by atoms with Crippen molar-refractivity contribution in [2.24, 2.45) is 7.05 Å². The number of aromatic nitrogens is 1. The molecule has 0 atom stereocenters. The third-order valence-electron chi connectivity index (χ3n) is 6.94. The SMILES string of the molecule is CCN(CC)c1ccc2cc(/C=C/c3ccc4cc(F)c(N5CCOCC5)cc4[n+]3C)c(=O)oc2c1.[I-]. The van der Waals surface area contributed by atoms with Gasteiger partial charge in [-0.2, -0.15) is 4.57 Å². The van der Waals surface area contributed by atoms with Gasteiger partial charge in [-0.05, 0) is 50.3 Å². The van der Waals surface area contributed by atoms with E-state index >= 15 is 0 Å². The van der Waals surface area contributed by atoms with Crippen LogP contribution < -0.4 is 44.0 Å². The molecule has 0 radical (unpaired) electrons. The van der Waals surface area contributed by atoms with Crippen molar-refractivity contribution in [3.8, 4) is 0 Å². The zero-order chi connectivity index (χ0) is 25.2. The highest BCUT2D eigenvalue weighted by Gasteiger charge is 2.20. The molecule has 0 bridgehead atoms. The number of ether oxygens (including phenoxy) is 1. The van der Waals surface area contributed by atoms with Gasteiger partial charge in [-0.3, -0.25) is 0 Å². The number of hydrogen-bond donors (Lipinski definition) is 0. The first-order valence-electron chi connectivity index (χ1n) is 12.4. The normalized spacial score (nSPS) is 13.9. The van der Waals surface area contributed by atoms with E-state index in [0.717, 1.165) is 40.8 Å². The molecule has 2 aromatic heterocycles. The molecule has 0 amide bonds. The second-order valence-electron chi connectivity index (χ2n) is 9.00. The van der Waals surface area contributed by atoms with Crippen molar-refractivity contribution in [3.05, 3.63) is 76.0 Å². The number of fused-ring (bicyclic) bond motifs is 2. The van der Waals surface area contributed by atoms with E-state index in [-0.39, 0.29) is 35.4 Å². The van der Waals surface area contributed by atoms with Crippen LogP contribution in [-0.4, -0.2) is 39.4 Å². The van der Waals surface area contributed by atoms with Gasteiger partial charge in [0.25, 0.3) is 0 Å². The highest BCUT2D eigenvalue weighted by atomic mass is 127. The molecule has 37 heavy (non-hydrogen) atoms. The van der Waals surface area contributed by atoms with E-state index in [9.17, 15) is 9.18 Å². The van der Waals surface area contributed by atoms with Crippen LogP contribution in [0.25, 0.3) is 34.0 Å². The molecule has 1 fully saturated rings. The number of halogens is 2. The molecule has 0 saturated carbocycles. The number of aryl methyl sites for hydroxylation is 1. The summed E-state index contributed by atoms with van der Waals surface area (Å²) in [6.07, 6.45) is 3.66. The van der Waals surface area contributed by atoms with E-state index in [1.54, 1.807) is 12.1 Å². The van der Waals surface area contributed by atoms with Gasteiger partial charge in [0.15, 0.2) is 0 Å². The van der Waals surface area contributed by atoms with Gasteiger partial charge in [0.1, 0.15) is 18.4 Å². The Morgan fingerprint density at radius 2 is 1.73 bits per heavy atom. The Balaban J connectivity index is 0.00000320. The summed E-state index contributed by atoms with van der Waals surface area (Å²) in [7, 11) is 1.95. The van der Waals surface area contributed by atoms with Gasteiger partial charge in [-0.15, -0.1) is 0 Å². The molecule has 5 rings (SSSR count). The molecule has 0 aliphatic carbocycles. The molecular weight excluding hydrogens is 584 g/mol. The zero-order valence-corrected chi connectivity index (χ0v) is 23.5. The first kappa shape index (κ1) is 27.1. The molecule has 194 valence electrons. The van der Waals surface area contributed by atoms with Gasteiger partial charge in [0.2, 0.25) is 11.2 Å². The molecule has 0 N–H and O–H groups in total. The lowest BCUT2D eigenvalue weighted by molar-refractivity contribution is -0.646. The predicted molar refractivity (Wildman–Crippen MR) is 143 cm³/mol. The van der Waals surface area contributed by atoms with Crippen molar-refractivity contribution >= 4 is 45.4 Å². The lowest BCUT2D eigenvalue weighted by Gasteiger charge is -2.29. The minimum Gasteiger partial charge on any atom is -1.00 e. The molecule has 1 aliphatic heterocycles. The number of benzene rings is 2. The van der Waals surface area contributed by atoms with Gasteiger partial charge in [0.05, 0.1) is 24.5 Å². The fourth-order valence-electron chi connectivity index (χ4n) is 4.82. The van der Waals surface area contributed by atoms with Crippen LogP contribution in [0.2, 0.25) is 0 Å². The molecule has 1 saturated heterocycles. The van der Waals surface area contributed by atoms with Crippen LogP contribution in [0.4, 0.5) is 15.8 Å². The van der Waals surface area contributed by atoms with Gasteiger partial charge < -0.3 is 42.9 Å². The molecule has 0 unspecified atom stereocenters. The Morgan fingerprint density at radius 3 is 2.46 bits per heavy atom. The maximum atomic E-state index is 14.8. The Kier molecular flexibility index (Phi) is 8.49. The predicted octanol–water partition coefficient (Wildman–Crippen LogP) is 1.77. The second-order valence-corrected chi connectivity index (χ2v) is 9.00. The molecule has 3 heterocycles. The van der Waals surface area contributed by atoms with Crippen molar-refractivity contribution in [2.75, 3.05) is 49.2 Å². The monoisotopic (exact) mass is 615 g/mol. The minimum absolute atomic E-state index is 0. The van der Waals surface area contributed by atoms with Crippen molar-refractivity contribution in [1.82, 2.24) is 0 Å². The Bertz CT molecular complexity index is 1510. The maximum Gasteiger partial charge on any atom is 0.343 e. The van der Waals surface area contributed by atoms with Crippen LogP contribution in [0.3, 0.4) is 0 Å². The topological polar surface area (TPSA) is 49.8 Å². The summed E-state index contributed by atoms with van der Waals surface area (Å²) in [6.45, 7) is 8.50. The molecule has 6 nitrogen and oxygen atoms in total. The lowest BCUT2D eigenvalue weighted by atomic mass is 10.1. The largest absolute Gasteiger partial charge is 1.00 e. The standard InChI is InChI=1S/C29H31FN3O3.HI/c1-4-32(5-2)24-11-7-21-16-22(29(34)36-28(21)18-24)8-10-23-9-6-20-17-25(30)27(19-26(20)31(23)3)33-12-14-35-15-13-33;/h6-11,16-19H,4-5,12-15H2,1-3H3;1H/q+1;/p-1. The fourth-order valence-corrected chi connectivity index (χ4v) is 4.82. The van der Waals surface area contributed by atoms with Crippen LogP contribution in [0.5, 0.6) is 0 Å². The molecule has 2 aromatic carbocycles. The Hall–Kier alpha value is -2.98. The highest BCUT2D eigenvalue weighted by Crippen LogP contribution is 2.26. The Labute approximate surface area is 233 Å². The molecule has 4 aromatic rings. The van der Waals surface area contributed by atoms with Crippen LogP contribution in [0, 0.1) is 5.82 Å². The first-order valence-corrected chi connectivity index (χ1v) is 12.4. The first-order chi connectivity index (χ1) is 17.5. The van der Waals surface area contributed by atoms with E-state index < -0.39 is 0 Å². The molecule has 0 spiro atoms. The minimum atomic E-state index is -0.379. The van der Waals surface area contributed by atoms with Crippen molar-refractivity contribution in [2.45, 2.75) is 13.8 Å². The van der Waals surface area contributed by atoms with E-state index in [1.807, 2.05) is 59.0 Å². The van der Waals surface area contributed by atoms with Crippen LogP contribution in [0.1, 0.15) is 25.1 Å². The van der Waals surface area contributed by atoms with E-state index in [2.05, 4.69) is 24.8 Å². The van der Waals surface area contributed by atoms with Gasteiger partial charge in [-0.1, -0.05) is 0 Å². The summed E-state index contributed by atoms with van der Waals surface area (Å²) in [5, 5.41) is 1.69. The lowest BCUT2D eigenvalue weighted by Crippen LogP contribution is -3.00. The number of pyridine rings is 1. The summed E-state index contributed by atoms with van der Waals surface area (Å²) >= 11 is 0. The molecule has 1 aliphatic rings. The van der Waals surface area contributed by atoms with Crippen molar-refractivity contribution in [3.63, 3.8) is 0 Å². The number of anilines is 2. The number of rotatable bonds is 6. The van der Waals surface area contributed by atoms with E-state index in [1.165, 1.54) is 0 Å². The van der Waals surface area contributed by atoms with Crippen LogP contribution in [-0.2, 0) is 11.8 Å². The number of nitrogens with zero attached hydrogens (tertiary/aromatic N) is 3. The van der Waals surface area contributed by atoms with Crippen LogP contribution >= 0.6 is 0 Å².